The Balaban J connectivity index is 2.20. The van der Waals surface area contributed by atoms with E-state index in [9.17, 15) is 14.4 Å². The molecule has 2 aromatic carbocycles. The number of ether oxygens (including phenoxy) is 3. The number of hydrazine groups is 1. The highest BCUT2D eigenvalue weighted by molar-refractivity contribution is 5.80. The minimum Gasteiger partial charge on any atom is -0.458 e. The molecule has 0 fully saturated rings. The van der Waals surface area contributed by atoms with Crippen molar-refractivity contribution in [2.45, 2.75) is 59.4 Å². The summed E-state index contributed by atoms with van der Waals surface area (Å²) in [6.07, 6.45) is -2.62. The smallest absolute Gasteiger partial charge is 0.429 e. The van der Waals surface area contributed by atoms with Crippen molar-refractivity contribution in [2.24, 2.45) is 5.92 Å². The zero-order valence-electron chi connectivity index (χ0n) is 21.4. The summed E-state index contributed by atoms with van der Waals surface area (Å²) in [4.78, 5) is 38.8. The van der Waals surface area contributed by atoms with E-state index in [1.165, 1.54) is 7.05 Å². The molecule has 1 atom stereocenters. The van der Waals surface area contributed by atoms with Crippen LogP contribution in [0.3, 0.4) is 0 Å². The Morgan fingerprint density at radius 3 is 1.91 bits per heavy atom. The highest BCUT2D eigenvalue weighted by atomic mass is 16.6. The second kappa shape index (κ2) is 12.8. The van der Waals surface area contributed by atoms with Gasteiger partial charge in [0.25, 0.3) is 0 Å². The average Bonchev–Trinajstić information content (AvgIpc) is 2.80. The fourth-order valence-electron chi connectivity index (χ4n) is 3.10. The maximum absolute atomic E-state index is 13.2. The molecule has 0 bridgehead atoms. The van der Waals surface area contributed by atoms with Gasteiger partial charge in [-0.05, 0) is 37.8 Å². The predicted octanol–water partition coefficient (Wildman–Crippen LogP) is 5.22. The van der Waals surface area contributed by atoms with E-state index < -0.39 is 29.9 Å². The second-order valence-electron chi connectivity index (χ2n) is 9.64. The molecule has 190 valence electrons. The van der Waals surface area contributed by atoms with Crippen molar-refractivity contribution < 1.29 is 28.6 Å². The maximum Gasteiger partial charge on any atom is 0.429 e. The number of benzene rings is 2. The molecule has 0 saturated heterocycles. The van der Waals surface area contributed by atoms with Crippen molar-refractivity contribution in [3.8, 4) is 0 Å². The Labute approximate surface area is 207 Å². The van der Waals surface area contributed by atoms with Crippen LogP contribution in [0.4, 0.5) is 9.59 Å². The number of carbonyl (C=O) groups excluding carboxylic acids is 3. The van der Waals surface area contributed by atoms with Gasteiger partial charge in [0.2, 0.25) is 6.10 Å². The van der Waals surface area contributed by atoms with Crippen molar-refractivity contribution in [1.29, 1.82) is 0 Å². The molecule has 0 spiro atoms. The largest absolute Gasteiger partial charge is 0.458 e. The Hall–Kier alpha value is -3.55. The van der Waals surface area contributed by atoms with Crippen LogP contribution in [0.2, 0.25) is 0 Å². The molecule has 35 heavy (non-hydrogen) atoms. The number of esters is 1. The SMILES string of the molecule is CC(C)CN(C(=O)OC(Cc1ccccc1)C(=O)OCc1ccccc1)N(C)C(=O)OC(C)(C)C. The van der Waals surface area contributed by atoms with Gasteiger partial charge in [-0.25, -0.2) is 24.4 Å². The quantitative estimate of drug-likeness (QED) is 0.290. The molecular weight excluding hydrogens is 448 g/mol. The minimum atomic E-state index is -1.20. The number of hydrogen-bond acceptors (Lipinski definition) is 6. The van der Waals surface area contributed by atoms with Crippen LogP contribution >= 0.6 is 0 Å². The summed E-state index contributed by atoms with van der Waals surface area (Å²) < 4.78 is 16.5. The summed E-state index contributed by atoms with van der Waals surface area (Å²) >= 11 is 0. The number of amides is 2. The first-order valence-electron chi connectivity index (χ1n) is 11.7. The summed E-state index contributed by atoms with van der Waals surface area (Å²) in [5.41, 5.74) is 0.880. The molecule has 2 amide bonds. The molecule has 0 radical (unpaired) electrons. The molecule has 8 heteroatoms. The van der Waals surface area contributed by atoms with E-state index in [1.54, 1.807) is 20.8 Å². The zero-order chi connectivity index (χ0) is 26.0. The van der Waals surface area contributed by atoms with Crippen molar-refractivity contribution >= 4 is 18.2 Å². The molecule has 0 heterocycles. The second-order valence-corrected chi connectivity index (χ2v) is 9.64. The third-order valence-corrected chi connectivity index (χ3v) is 4.76. The van der Waals surface area contributed by atoms with E-state index in [4.69, 9.17) is 14.2 Å². The van der Waals surface area contributed by atoms with Gasteiger partial charge in [-0.15, -0.1) is 0 Å². The Morgan fingerprint density at radius 1 is 0.857 bits per heavy atom. The normalized spacial score (nSPS) is 12.0. The minimum absolute atomic E-state index is 0.0186. The van der Waals surface area contributed by atoms with E-state index in [0.29, 0.717) is 0 Å². The summed E-state index contributed by atoms with van der Waals surface area (Å²) in [6, 6.07) is 18.5. The Bertz CT molecular complexity index is 957. The molecule has 0 N–H and O–H groups in total. The average molecular weight is 485 g/mol. The molecule has 2 rings (SSSR count). The van der Waals surface area contributed by atoms with Gasteiger partial charge in [-0.3, -0.25) is 0 Å². The zero-order valence-corrected chi connectivity index (χ0v) is 21.4. The van der Waals surface area contributed by atoms with E-state index in [0.717, 1.165) is 21.1 Å². The third kappa shape index (κ3) is 9.68. The van der Waals surface area contributed by atoms with Crippen LogP contribution in [-0.2, 0) is 32.0 Å². The van der Waals surface area contributed by atoms with Gasteiger partial charge < -0.3 is 14.2 Å². The van der Waals surface area contributed by atoms with Gasteiger partial charge in [0, 0.05) is 20.0 Å². The number of hydrogen-bond donors (Lipinski definition) is 0. The topological polar surface area (TPSA) is 85.4 Å². The first-order chi connectivity index (χ1) is 16.5. The van der Waals surface area contributed by atoms with Gasteiger partial charge in [0.1, 0.15) is 12.2 Å². The summed E-state index contributed by atoms with van der Waals surface area (Å²) in [5, 5.41) is 2.21. The highest BCUT2D eigenvalue weighted by Gasteiger charge is 2.33. The van der Waals surface area contributed by atoms with E-state index >= 15 is 0 Å². The van der Waals surface area contributed by atoms with Crippen molar-refractivity contribution in [3.05, 3.63) is 71.8 Å². The highest BCUT2D eigenvalue weighted by Crippen LogP contribution is 2.16. The maximum atomic E-state index is 13.2. The van der Waals surface area contributed by atoms with Crippen LogP contribution in [0.15, 0.2) is 60.7 Å². The van der Waals surface area contributed by atoms with Crippen LogP contribution in [0.1, 0.15) is 45.7 Å². The first-order valence-corrected chi connectivity index (χ1v) is 11.7. The number of carbonyl (C=O) groups is 3. The van der Waals surface area contributed by atoms with Crippen molar-refractivity contribution in [2.75, 3.05) is 13.6 Å². The van der Waals surface area contributed by atoms with E-state index in [-0.39, 0.29) is 25.5 Å². The van der Waals surface area contributed by atoms with Crippen LogP contribution in [0.25, 0.3) is 0 Å². The first kappa shape index (κ1) is 27.7. The fraction of sp³-hybridized carbons (Fsp3) is 0.444. The lowest BCUT2D eigenvalue weighted by atomic mass is 10.1. The van der Waals surface area contributed by atoms with E-state index in [1.807, 2.05) is 74.5 Å². The van der Waals surface area contributed by atoms with Crippen LogP contribution in [0.5, 0.6) is 0 Å². The van der Waals surface area contributed by atoms with Crippen LogP contribution < -0.4 is 0 Å². The molecule has 0 aliphatic rings. The molecule has 2 aromatic rings. The molecular formula is C27H36N2O6. The van der Waals surface area contributed by atoms with Gasteiger partial charge >= 0.3 is 18.2 Å². The lowest BCUT2D eigenvalue weighted by molar-refractivity contribution is -0.156. The predicted molar refractivity (Wildman–Crippen MR) is 132 cm³/mol. The lowest BCUT2D eigenvalue weighted by Gasteiger charge is -2.34. The molecule has 8 nitrogen and oxygen atoms in total. The summed E-state index contributed by atoms with van der Waals surface area (Å²) in [6.45, 7) is 9.26. The Kier molecular flexibility index (Phi) is 10.1. The van der Waals surface area contributed by atoms with Crippen LogP contribution in [-0.4, -0.2) is 53.5 Å². The van der Waals surface area contributed by atoms with Gasteiger partial charge in [0.15, 0.2) is 0 Å². The van der Waals surface area contributed by atoms with Crippen LogP contribution in [0, 0.1) is 5.92 Å². The van der Waals surface area contributed by atoms with E-state index in [2.05, 4.69) is 0 Å². The molecule has 0 saturated carbocycles. The fourth-order valence-corrected chi connectivity index (χ4v) is 3.10. The molecule has 0 aliphatic heterocycles. The van der Waals surface area contributed by atoms with Gasteiger partial charge in [-0.2, -0.15) is 0 Å². The summed E-state index contributed by atoms with van der Waals surface area (Å²) in [7, 11) is 1.43. The van der Waals surface area contributed by atoms with Gasteiger partial charge in [-0.1, -0.05) is 74.5 Å². The Morgan fingerprint density at radius 2 is 1.40 bits per heavy atom. The number of rotatable bonds is 8. The van der Waals surface area contributed by atoms with Crippen molar-refractivity contribution in [1.82, 2.24) is 10.0 Å². The monoisotopic (exact) mass is 484 g/mol. The molecule has 0 aromatic heterocycles. The molecule has 0 aliphatic carbocycles. The standard InChI is InChI=1S/C27H36N2O6/c1-20(2)18-29(28(6)25(31)35-27(3,4)5)26(32)34-23(17-21-13-9-7-10-14-21)24(30)33-19-22-15-11-8-12-16-22/h7-16,20,23H,17-19H2,1-6H3. The lowest BCUT2D eigenvalue weighted by Crippen LogP contribution is -2.52. The molecule has 1 unspecified atom stereocenters. The number of nitrogens with zero attached hydrogens (tertiary/aromatic N) is 2. The van der Waals surface area contributed by atoms with Gasteiger partial charge in [0.05, 0.1) is 0 Å². The summed E-state index contributed by atoms with van der Waals surface area (Å²) in [5.74, 6) is -0.652. The third-order valence-electron chi connectivity index (χ3n) is 4.76. The van der Waals surface area contributed by atoms with Crippen molar-refractivity contribution in [3.63, 3.8) is 0 Å².